The number of benzene rings is 10. The van der Waals surface area contributed by atoms with Crippen molar-refractivity contribution in [3.63, 3.8) is 0 Å². The number of para-hydroxylation sites is 2. The van der Waals surface area contributed by atoms with E-state index in [4.69, 9.17) is 4.42 Å². The second kappa shape index (κ2) is 13.6. The Hall–Kier alpha value is -7.46. The van der Waals surface area contributed by atoms with E-state index in [0.29, 0.717) is 0 Å². The average Bonchev–Trinajstić information content (AvgIpc) is 3.89. The number of furan rings is 1. The summed E-state index contributed by atoms with van der Waals surface area (Å²) in [5.74, 6) is 0. The summed E-state index contributed by atoms with van der Waals surface area (Å²) < 4.78 is 9.31. The molecule has 0 radical (unpaired) electrons. The quantitative estimate of drug-likeness (QED) is 0.167. The third-order valence-electron chi connectivity index (χ3n) is 11.9. The van der Waals surface area contributed by atoms with Crippen molar-refractivity contribution in [3.05, 3.63) is 212 Å². The van der Waals surface area contributed by atoms with Gasteiger partial charge in [-0.15, -0.1) is 11.3 Å². The molecule has 276 valence electrons. The van der Waals surface area contributed by atoms with Gasteiger partial charge in [-0.3, -0.25) is 0 Å². The molecule has 0 spiro atoms. The molecule has 2 nitrogen and oxygen atoms in total. The molecular formula is C56H35NOS. The van der Waals surface area contributed by atoms with Crippen molar-refractivity contribution in [2.75, 3.05) is 4.90 Å². The fourth-order valence-electron chi connectivity index (χ4n) is 9.12. The van der Waals surface area contributed by atoms with Crippen LogP contribution in [0.2, 0.25) is 0 Å². The van der Waals surface area contributed by atoms with Gasteiger partial charge in [0.25, 0.3) is 0 Å². The SMILES string of the molecule is c1ccc(-c2c(-c3ccc(N(c4cccc5c4oc4ccccc45)c4ccc(-c5ccc6ccccc6c5)c5sc6ccccc6c45)cc3)ccc3ccccc23)cc1. The molecule has 10 aromatic carbocycles. The Bertz CT molecular complexity index is 3560. The van der Waals surface area contributed by atoms with Gasteiger partial charge in [-0.1, -0.05) is 170 Å². The van der Waals surface area contributed by atoms with E-state index in [1.54, 1.807) is 0 Å². The number of rotatable bonds is 6. The minimum atomic E-state index is 0.866. The molecule has 0 saturated heterocycles. The van der Waals surface area contributed by atoms with Crippen LogP contribution in [0.25, 0.3) is 97.0 Å². The molecule has 0 fully saturated rings. The molecule has 2 aromatic heterocycles. The molecule has 0 N–H and O–H groups in total. The molecule has 0 aliphatic carbocycles. The molecule has 0 aliphatic rings. The van der Waals surface area contributed by atoms with Crippen molar-refractivity contribution in [3.8, 4) is 33.4 Å². The third-order valence-corrected chi connectivity index (χ3v) is 13.1. The van der Waals surface area contributed by atoms with Gasteiger partial charge < -0.3 is 9.32 Å². The van der Waals surface area contributed by atoms with Crippen LogP contribution in [0.15, 0.2) is 217 Å². The van der Waals surface area contributed by atoms with Gasteiger partial charge in [-0.2, -0.15) is 0 Å². The minimum Gasteiger partial charge on any atom is -0.454 e. The standard InChI is InChI=1S/C56H35NOS/c1-2-15-39(16-3-1)53-43-18-7-6-14-37(43)29-32-44(53)38-27-30-42(31-28-38)57(50-22-12-21-47-46-19-8-10-23-51(46)58-55(47)50)49-34-33-45(41-26-25-36-13-4-5-17-40(36)35-41)56-54(49)48-20-9-11-24-52(48)59-56/h1-35H. The number of hydrogen-bond donors (Lipinski definition) is 0. The molecule has 12 aromatic rings. The van der Waals surface area contributed by atoms with Gasteiger partial charge in [0.15, 0.2) is 5.58 Å². The first-order chi connectivity index (χ1) is 29.3. The van der Waals surface area contributed by atoms with Crippen LogP contribution in [0.3, 0.4) is 0 Å². The van der Waals surface area contributed by atoms with Crippen molar-refractivity contribution in [1.29, 1.82) is 0 Å². The van der Waals surface area contributed by atoms with Gasteiger partial charge in [0.1, 0.15) is 5.58 Å². The van der Waals surface area contributed by atoms with Crippen LogP contribution in [-0.2, 0) is 0 Å². The van der Waals surface area contributed by atoms with E-state index in [1.807, 2.05) is 17.4 Å². The molecule has 2 heterocycles. The summed E-state index contributed by atoms with van der Waals surface area (Å²) in [6.45, 7) is 0. The lowest BCUT2D eigenvalue weighted by atomic mass is 9.89. The Balaban J connectivity index is 1.10. The van der Waals surface area contributed by atoms with E-state index in [-0.39, 0.29) is 0 Å². The molecule has 59 heavy (non-hydrogen) atoms. The minimum absolute atomic E-state index is 0.866. The average molecular weight is 770 g/mol. The number of fused-ring (bicyclic) bond motifs is 8. The van der Waals surface area contributed by atoms with Crippen molar-refractivity contribution in [2.45, 2.75) is 0 Å². The lowest BCUT2D eigenvalue weighted by Crippen LogP contribution is -2.10. The van der Waals surface area contributed by atoms with Gasteiger partial charge in [0.2, 0.25) is 0 Å². The molecule has 0 unspecified atom stereocenters. The van der Waals surface area contributed by atoms with Crippen LogP contribution >= 0.6 is 11.3 Å². The molecule has 0 aliphatic heterocycles. The monoisotopic (exact) mass is 769 g/mol. The number of nitrogens with zero attached hydrogens (tertiary/aromatic N) is 1. The molecule has 0 bridgehead atoms. The van der Waals surface area contributed by atoms with E-state index < -0.39 is 0 Å². The smallest absolute Gasteiger partial charge is 0.159 e. The summed E-state index contributed by atoms with van der Waals surface area (Å²) >= 11 is 1.87. The van der Waals surface area contributed by atoms with E-state index in [9.17, 15) is 0 Å². The van der Waals surface area contributed by atoms with Crippen molar-refractivity contribution >= 4 is 92.1 Å². The number of thiophene rings is 1. The van der Waals surface area contributed by atoms with Crippen molar-refractivity contribution in [1.82, 2.24) is 0 Å². The van der Waals surface area contributed by atoms with Gasteiger partial charge >= 0.3 is 0 Å². The maximum atomic E-state index is 6.78. The predicted molar refractivity (Wildman–Crippen MR) is 253 cm³/mol. The summed E-state index contributed by atoms with van der Waals surface area (Å²) in [7, 11) is 0. The molecule has 0 amide bonds. The van der Waals surface area contributed by atoms with Crippen LogP contribution < -0.4 is 4.90 Å². The van der Waals surface area contributed by atoms with Crippen LogP contribution in [0.4, 0.5) is 17.1 Å². The van der Waals surface area contributed by atoms with Crippen molar-refractivity contribution in [2.24, 2.45) is 0 Å². The Morgan fingerprint density at radius 3 is 1.92 bits per heavy atom. The fraction of sp³-hybridized carbons (Fsp3) is 0. The molecule has 0 saturated carbocycles. The fourth-order valence-corrected chi connectivity index (χ4v) is 10.4. The van der Waals surface area contributed by atoms with Crippen LogP contribution in [0.1, 0.15) is 0 Å². The summed E-state index contributed by atoms with van der Waals surface area (Å²) in [6, 6.07) is 76.9. The molecule has 3 heteroatoms. The van der Waals surface area contributed by atoms with Gasteiger partial charge in [0.05, 0.1) is 11.4 Å². The highest BCUT2D eigenvalue weighted by Gasteiger charge is 2.24. The lowest BCUT2D eigenvalue weighted by molar-refractivity contribution is 0.669. The van der Waals surface area contributed by atoms with Gasteiger partial charge in [-0.25, -0.2) is 0 Å². The van der Waals surface area contributed by atoms with E-state index in [2.05, 4.69) is 211 Å². The Kier molecular flexibility index (Phi) is 7.75. The van der Waals surface area contributed by atoms with Gasteiger partial charge in [0, 0.05) is 36.6 Å². The molecule has 12 rings (SSSR count). The highest BCUT2D eigenvalue weighted by atomic mass is 32.1. The van der Waals surface area contributed by atoms with Crippen LogP contribution in [0, 0.1) is 0 Å². The Labute approximate surface area is 345 Å². The van der Waals surface area contributed by atoms with Crippen molar-refractivity contribution < 1.29 is 4.42 Å². The molecular weight excluding hydrogens is 735 g/mol. The number of anilines is 3. The normalized spacial score (nSPS) is 11.7. The maximum Gasteiger partial charge on any atom is 0.159 e. The van der Waals surface area contributed by atoms with E-state index in [0.717, 1.165) is 44.6 Å². The first-order valence-corrected chi connectivity index (χ1v) is 20.9. The highest BCUT2D eigenvalue weighted by molar-refractivity contribution is 7.26. The van der Waals surface area contributed by atoms with E-state index in [1.165, 1.54) is 69.5 Å². The zero-order valence-electron chi connectivity index (χ0n) is 32.0. The maximum absolute atomic E-state index is 6.78. The zero-order chi connectivity index (χ0) is 38.9. The summed E-state index contributed by atoms with van der Waals surface area (Å²) in [4.78, 5) is 2.42. The topological polar surface area (TPSA) is 16.4 Å². The summed E-state index contributed by atoms with van der Waals surface area (Å²) in [6.07, 6.45) is 0. The second-order valence-electron chi connectivity index (χ2n) is 15.2. The van der Waals surface area contributed by atoms with Crippen LogP contribution in [-0.4, -0.2) is 0 Å². The zero-order valence-corrected chi connectivity index (χ0v) is 32.8. The Morgan fingerprint density at radius 1 is 0.390 bits per heavy atom. The predicted octanol–water partition coefficient (Wildman–Crippen LogP) is 16.7. The first kappa shape index (κ1) is 33.7. The largest absolute Gasteiger partial charge is 0.454 e. The summed E-state index contributed by atoms with van der Waals surface area (Å²) in [5, 5.41) is 9.65. The second-order valence-corrected chi connectivity index (χ2v) is 16.3. The highest BCUT2D eigenvalue weighted by Crippen LogP contribution is 2.50. The lowest BCUT2D eigenvalue weighted by Gasteiger charge is -2.27. The summed E-state index contributed by atoms with van der Waals surface area (Å²) in [5.41, 5.74) is 12.2. The number of hydrogen-bond acceptors (Lipinski definition) is 3. The molecule has 0 atom stereocenters. The first-order valence-electron chi connectivity index (χ1n) is 20.1. The van der Waals surface area contributed by atoms with Crippen LogP contribution in [0.5, 0.6) is 0 Å². The van der Waals surface area contributed by atoms with Gasteiger partial charge in [-0.05, 0) is 97.4 Å². The Morgan fingerprint density at radius 2 is 1.05 bits per heavy atom. The van der Waals surface area contributed by atoms with E-state index >= 15 is 0 Å². The third kappa shape index (κ3) is 5.47.